The minimum atomic E-state index is -1.34. The summed E-state index contributed by atoms with van der Waals surface area (Å²) < 4.78 is 4.64. The topological polar surface area (TPSA) is 106 Å². The lowest BCUT2D eigenvalue weighted by molar-refractivity contribution is -0.149. The van der Waals surface area contributed by atoms with Crippen LogP contribution >= 0.6 is 0 Å². The molecule has 0 aliphatic heterocycles. The van der Waals surface area contributed by atoms with Gasteiger partial charge in [0.1, 0.15) is 11.7 Å². The fourth-order valence-electron chi connectivity index (χ4n) is 1.32. The van der Waals surface area contributed by atoms with Crippen molar-refractivity contribution in [3.8, 4) is 0 Å². The molecule has 19 heavy (non-hydrogen) atoms. The zero-order valence-corrected chi connectivity index (χ0v) is 10.3. The van der Waals surface area contributed by atoms with E-state index in [2.05, 4.69) is 15.0 Å². The zero-order valence-electron chi connectivity index (χ0n) is 10.3. The molecule has 1 aromatic rings. The first kappa shape index (κ1) is 14.6. The van der Waals surface area contributed by atoms with Gasteiger partial charge in [0.2, 0.25) is 0 Å². The number of carbonyl (C=O) groups excluding carboxylic acids is 2. The standard InChI is InChI=1S/C12H14N2O5/c1-2-19-10(15)7-9(12(17)18)14-11(16)8-5-3-4-6-13-8/h3-6,9H,2,7H2,1H3,(H,14,16)(H,17,18)/t9-/m1/s1. The molecule has 0 aliphatic rings. The van der Waals surface area contributed by atoms with Crippen LogP contribution in [0.4, 0.5) is 0 Å². The van der Waals surface area contributed by atoms with Crippen molar-refractivity contribution in [3.05, 3.63) is 30.1 Å². The molecule has 102 valence electrons. The van der Waals surface area contributed by atoms with Crippen molar-refractivity contribution < 1.29 is 24.2 Å². The van der Waals surface area contributed by atoms with Crippen LogP contribution in [-0.2, 0) is 14.3 Å². The van der Waals surface area contributed by atoms with E-state index in [0.29, 0.717) is 0 Å². The molecule has 2 N–H and O–H groups in total. The molecule has 0 saturated heterocycles. The average molecular weight is 266 g/mol. The molecule has 1 aromatic heterocycles. The molecule has 0 saturated carbocycles. The van der Waals surface area contributed by atoms with E-state index in [4.69, 9.17) is 5.11 Å². The summed E-state index contributed by atoms with van der Waals surface area (Å²) in [6, 6.07) is 3.33. The Kier molecular flexibility index (Phi) is 5.46. The minimum Gasteiger partial charge on any atom is -0.480 e. The lowest BCUT2D eigenvalue weighted by Gasteiger charge is -2.13. The van der Waals surface area contributed by atoms with E-state index in [9.17, 15) is 14.4 Å². The van der Waals surface area contributed by atoms with Crippen molar-refractivity contribution in [3.63, 3.8) is 0 Å². The number of carbonyl (C=O) groups is 3. The third kappa shape index (κ3) is 4.74. The number of nitrogens with zero attached hydrogens (tertiary/aromatic N) is 1. The monoisotopic (exact) mass is 266 g/mol. The molecular weight excluding hydrogens is 252 g/mol. The van der Waals surface area contributed by atoms with Crippen LogP contribution in [0.1, 0.15) is 23.8 Å². The van der Waals surface area contributed by atoms with E-state index in [1.807, 2.05) is 0 Å². The van der Waals surface area contributed by atoms with Crippen molar-refractivity contribution in [1.29, 1.82) is 0 Å². The first-order valence-corrected chi connectivity index (χ1v) is 5.65. The van der Waals surface area contributed by atoms with Crippen molar-refractivity contribution >= 4 is 17.8 Å². The number of aromatic nitrogens is 1. The van der Waals surface area contributed by atoms with E-state index < -0.39 is 30.3 Å². The highest BCUT2D eigenvalue weighted by atomic mass is 16.5. The first-order valence-electron chi connectivity index (χ1n) is 5.65. The van der Waals surface area contributed by atoms with Crippen molar-refractivity contribution in [2.75, 3.05) is 6.61 Å². The van der Waals surface area contributed by atoms with Gasteiger partial charge < -0.3 is 15.2 Å². The molecule has 0 unspecified atom stereocenters. The number of carboxylic acids is 1. The van der Waals surface area contributed by atoms with E-state index in [-0.39, 0.29) is 12.3 Å². The molecule has 1 rings (SSSR count). The minimum absolute atomic E-state index is 0.0811. The van der Waals surface area contributed by atoms with Gasteiger partial charge in [-0.15, -0.1) is 0 Å². The summed E-state index contributed by atoms with van der Waals surface area (Å²) >= 11 is 0. The second-order valence-electron chi connectivity index (χ2n) is 3.59. The highest BCUT2D eigenvalue weighted by Gasteiger charge is 2.24. The van der Waals surface area contributed by atoms with E-state index >= 15 is 0 Å². The lowest BCUT2D eigenvalue weighted by atomic mass is 10.2. The number of carboxylic acid groups (broad SMARTS) is 1. The molecule has 7 nitrogen and oxygen atoms in total. The molecule has 0 aromatic carbocycles. The molecule has 1 heterocycles. The summed E-state index contributed by atoms with van der Waals surface area (Å²) in [7, 11) is 0. The number of nitrogens with one attached hydrogen (secondary N) is 1. The van der Waals surface area contributed by atoms with Gasteiger partial charge in [-0.3, -0.25) is 14.6 Å². The SMILES string of the molecule is CCOC(=O)C[C@@H](NC(=O)c1ccccn1)C(=O)O. The van der Waals surface area contributed by atoms with Crippen LogP contribution in [0.3, 0.4) is 0 Å². The van der Waals surface area contributed by atoms with Crippen molar-refractivity contribution in [1.82, 2.24) is 10.3 Å². The quantitative estimate of drug-likeness (QED) is 0.713. The molecule has 1 amide bonds. The van der Waals surface area contributed by atoms with Crippen LogP contribution in [0.5, 0.6) is 0 Å². The number of pyridine rings is 1. The number of aliphatic carboxylic acids is 1. The Morgan fingerprint density at radius 3 is 2.68 bits per heavy atom. The van der Waals surface area contributed by atoms with Crippen LogP contribution in [0.2, 0.25) is 0 Å². The average Bonchev–Trinajstić information content (AvgIpc) is 2.39. The molecular formula is C12H14N2O5. The van der Waals surface area contributed by atoms with E-state index in [1.54, 1.807) is 19.1 Å². The summed E-state index contributed by atoms with van der Waals surface area (Å²) in [5.74, 6) is -2.65. The molecule has 0 aliphatic carbocycles. The van der Waals surface area contributed by atoms with Gasteiger partial charge >= 0.3 is 11.9 Å². The number of amides is 1. The van der Waals surface area contributed by atoms with Crippen molar-refractivity contribution in [2.45, 2.75) is 19.4 Å². The highest BCUT2D eigenvalue weighted by Crippen LogP contribution is 1.99. The third-order valence-corrected chi connectivity index (χ3v) is 2.18. The fraction of sp³-hybridized carbons (Fsp3) is 0.333. The van der Waals surface area contributed by atoms with Gasteiger partial charge in [-0.2, -0.15) is 0 Å². The maximum Gasteiger partial charge on any atom is 0.326 e. The first-order chi connectivity index (χ1) is 9.04. The normalized spacial score (nSPS) is 11.4. The zero-order chi connectivity index (χ0) is 14.3. The smallest absolute Gasteiger partial charge is 0.326 e. The van der Waals surface area contributed by atoms with Crippen LogP contribution < -0.4 is 5.32 Å². The molecule has 7 heteroatoms. The van der Waals surface area contributed by atoms with Crippen LogP contribution in [-0.4, -0.2) is 40.6 Å². The fourth-order valence-corrected chi connectivity index (χ4v) is 1.32. The van der Waals surface area contributed by atoms with E-state index in [0.717, 1.165) is 0 Å². The summed E-state index contributed by atoms with van der Waals surface area (Å²) in [5.41, 5.74) is 0.0811. The molecule has 1 atom stereocenters. The van der Waals surface area contributed by atoms with Gasteiger partial charge in [-0.25, -0.2) is 4.79 Å². The number of hydrogen-bond acceptors (Lipinski definition) is 5. The molecule has 0 spiro atoms. The van der Waals surface area contributed by atoms with E-state index in [1.165, 1.54) is 12.3 Å². The number of rotatable bonds is 6. The Hall–Kier alpha value is -2.44. The summed E-state index contributed by atoms with van der Waals surface area (Å²) in [5, 5.41) is 11.2. The number of ether oxygens (including phenoxy) is 1. The maximum atomic E-state index is 11.7. The van der Waals surface area contributed by atoms with Gasteiger partial charge in [-0.05, 0) is 19.1 Å². The van der Waals surface area contributed by atoms with Gasteiger partial charge in [0, 0.05) is 6.20 Å². The molecule has 0 radical (unpaired) electrons. The Labute approximate surface area is 109 Å². The van der Waals surface area contributed by atoms with Crippen molar-refractivity contribution in [2.24, 2.45) is 0 Å². The summed E-state index contributed by atoms with van der Waals surface area (Å²) in [6.45, 7) is 1.76. The number of esters is 1. The third-order valence-electron chi connectivity index (χ3n) is 2.18. The molecule has 0 bridgehead atoms. The Morgan fingerprint density at radius 1 is 1.42 bits per heavy atom. The summed E-state index contributed by atoms with van der Waals surface area (Å²) in [4.78, 5) is 37.7. The van der Waals surface area contributed by atoms with Crippen LogP contribution in [0, 0.1) is 0 Å². The lowest BCUT2D eigenvalue weighted by Crippen LogP contribution is -2.42. The van der Waals surface area contributed by atoms with Gasteiger partial charge in [-0.1, -0.05) is 6.07 Å². The Morgan fingerprint density at radius 2 is 2.16 bits per heavy atom. The maximum absolute atomic E-state index is 11.7. The predicted octanol–water partition coefficient (Wildman–Crippen LogP) is 0.218. The predicted molar refractivity (Wildman–Crippen MR) is 64.4 cm³/mol. The summed E-state index contributed by atoms with van der Waals surface area (Å²) in [6.07, 6.45) is 0.984. The highest BCUT2D eigenvalue weighted by molar-refractivity contribution is 5.95. The second-order valence-corrected chi connectivity index (χ2v) is 3.59. The largest absolute Gasteiger partial charge is 0.480 e. The number of hydrogen-bond donors (Lipinski definition) is 2. The second kappa shape index (κ2) is 7.10. The van der Waals surface area contributed by atoms with Crippen LogP contribution in [0.15, 0.2) is 24.4 Å². The Bertz CT molecular complexity index is 460. The van der Waals surface area contributed by atoms with Crippen LogP contribution in [0.25, 0.3) is 0 Å². The van der Waals surface area contributed by atoms with Gasteiger partial charge in [0.25, 0.3) is 5.91 Å². The Balaban J connectivity index is 2.66. The van der Waals surface area contributed by atoms with Gasteiger partial charge in [0.15, 0.2) is 0 Å². The van der Waals surface area contributed by atoms with Gasteiger partial charge in [0.05, 0.1) is 13.0 Å². The molecule has 0 fully saturated rings.